The van der Waals surface area contributed by atoms with Crippen LogP contribution in [0.1, 0.15) is 13.3 Å². The number of carbonyl (C=O) groups is 2. The van der Waals surface area contributed by atoms with E-state index >= 15 is 0 Å². The van der Waals surface area contributed by atoms with Crippen molar-refractivity contribution in [2.45, 2.75) is 13.3 Å². The summed E-state index contributed by atoms with van der Waals surface area (Å²) >= 11 is 0. The first-order valence-corrected chi connectivity index (χ1v) is 2.62. The molecule has 0 rings (SSSR count). The highest BCUT2D eigenvalue weighted by Gasteiger charge is 2.03. The summed E-state index contributed by atoms with van der Waals surface area (Å²) < 4.78 is 0. The molecular weight excluding hydrogens is 120 g/mol. The Hall–Kier alpha value is -1.12. The third-order valence-corrected chi connectivity index (χ3v) is 0.716. The molecule has 0 aromatic heterocycles. The van der Waals surface area contributed by atoms with Crippen molar-refractivity contribution in [1.82, 2.24) is 0 Å². The van der Waals surface area contributed by atoms with Gasteiger partial charge in [0.15, 0.2) is 0 Å². The molecule has 0 aliphatic carbocycles. The summed E-state index contributed by atoms with van der Waals surface area (Å²) in [4.78, 5) is 20.0. The second kappa shape index (κ2) is 3.83. The van der Waals surface area contributed by atoms with Crippen molar-refractivity contribution >= 4 is 11.8 Å². The lowest BCUT2D eigenvalue weighted by Gasteiger charge is -1.80. The average molecular weight is 128 g/mol. The minimum atomic E-state index is -1.40. The van der Waals surface area contributed by atoms with Crippen LogP contribution in [0.4, 0.5) is 0 Å². The Kier molecular flexibility index (Phi) is 3.35. The van der Waals surface area contributed by atoms with Gasteiger partial charge in [-0.15, -0.1) is 0 Å². The van der Waals surface area contributed by atoms with Gasteiger partial charge in [-0.3, -0.25) is 4.79 Å². The van der Waals surface area contributed by atoms with Crippen LogP contribution in [0.25, 0.3) is 0 Å². The predicted octanol–water partition coefficient (Wildman–Crippen LogP) is 0.606. The maximum absolute atomic E-state index is 10.2. The van der Waals surface area contributed by atoms with Crippen molar-refractivity contribution in [3.8, 4) is 0 Å². The Balaban J connectivity index is 3.77. The number of carbonyl (C=O) groups excluding carboxylic acids is 1. The molecule has 0 spiro atoms. The van der Waals surface area contributed by atoms with E-state index in [4.69, 9.17) is 5.11 Å². The number of hydrogen-bond donors (Lipinski definition) is 1. The maximum atomic E-state index is 10.2. The van der Waals surface area contributed by atoms with E-state index in [0.29, 0.717) is 6.42 Å². The Morgan fingerprint density at radius 2 is 2.11 bits per heavy atom. The Morgan fingerprint density at radius 1 is 1.56 bits per heavy atom. The summed E-state index contributed by atoms with van der Waals surface area (Å²) in [6.45, 7) is 1.83. The van der Waals surface area contributed by atoms with Crippen molar-refractivity contribution in [2.24, 2.45) is 0 Å². The number of hydrogen-bond acceptors (Lipinski definition) is 2. The maximum Gasteiger partial charge on any atom is 0.376 e. The van der Waals surface area contributed by atoms with Crippen molar-refractivity contribution in [2.75, 3.05) is 0 Å². The quantitative estimate of drug-likeness (QED) is 0.447. The van der Waals surface area contributed by atoms with Crippen LogP contribution in [0.2, 0.25) is 0 Å². The zero-order valence-corrected chi connectivity index (χ0v) is 5.13. The van der Waals surface area contributed by atoms with Crippen LogP contribution < -0.4 is 0 Å². The normalized spacial score (nSPS) is 9.89. The van der Waals surface area contributed by atoms with Gasteiger partial charge in [-0.2, -0.15) is 0 Å². The highest BCUT2D eigenvalue weighted by atomic mass is 16.4. The topological polar surface area (TPSA) is 54.4 Å². The highest BCUT2D eigenvalue weighted by molar-refractivity contribution is 6.37. The summed E-state index contributed by atoms with van der Waals surface area (Å²) in [5.74, 6) is -2.27. The fourth-order valence-corrected chi connectivity index (χ4v) is 0.296. The third-order valence-electron chi connectivity index (χ3n) is 0.716. The van der Waals surface area contributed by atoms with Gasteiger partial charge in [0.05, 0.1) is 0 Å². The molecule has 0 aromatic rings. The largest absolute Gasteiger partial charge is 0.475 e. The Bertz CT molecular complexity index is 146. The molecule has 0 unspecified atom stereocenters. The Labute approximate surface area is 53.0 Å². The molecule has 3 nitrogen and oxygen atoms in total. The molecule has 0 aromatic carbocycles. The molecule has 9 heavy (non-hydrogen) atoms. The molecule has 0 fully saturated rings. The fourth-order valence-electron chi connectivity index (χ4n) is 0.296. The first-order chi connectivity index (χ1) is 4.18. The van der Waals surface area contributed by atoms with E-state index in [2.05, 4.69) is 0 Å². The van der Waals surface area contributed by atoms with Gasteiger partial charge in [0, 0.05) is 0 Å². The summed E-state index contributed by atoms with van der Waals surface area (Å²) in [5.41, 5.74) is 0. The van der Waals surface area contributed by atoms with Crippen LogP contribution in [0.15, 0.2) is 12.2 Å². The summed E-state index contributed by atoms with van der Waals surface area (Å²) in [6.07, 6.45) is 3.25. The average Bonchev–Trinajstić information content (AvgIpc) is 1.82. The first-order valence-electron chi connectivity index (χ1n) is 2.62. The van der Waals surface area contributed by atoms with Crippen LogP contribution in [-0.2, 0) is 9.59 Å². The molecule has 0 saturated carbocycles. The van der Waals surface area contributed by atoms with Gasteiger partial charge in [-0.05, 0) is 12.5 Å². The van der Waals surface area contributed by atoms with E-state index < -0.39 is 11.8 Å². The highest BCUT2D eigenvalue weighted by Crippen LogP contribution is 1.81. The van der Waals surface area contributed by atoms with Gasteiger partial charge >= 0.3 is 5.97 Å². The van der Waals surface area contributed by atoms with E-state index in [1.54, 1.807) is 0 Å². The molecular formula is C6H8O3. The molecule has 0 bridgehead atoms. The van der Waals surface area contributed by atoms with Gasteiger partial charge in [0.25, 0.3) is 5.78 Å². The van der Waals surface area contributed by atoms with Gasteiger partial charge in [-0.25, -0.2) is 4.79 Å². The van der Waals surface area contributed by atoms with E-state index in [1.165, 1.54) is 6.08 Å². The second-order valence-electron chi connectivity index (χ2n) is 1.48. The zero-order valence-electron chi connectivity index (χ0n) is 5.13. The molecule has 0 aliphatic rings. The monoisotopic (exact) mass is 128 g/mol. The van der Waals surface area contributed by atoms with Crippen LogP contribution >= 0.6 is 0 Å². The Morgan fingerprint density at radius 3 is 2.44 bits per heavy atom. The molecule has 0 aliphatic heterocycles. The molecule has 0 heterocycles. The first kappa shape index (κ1) is 7.88. The second-order valence-corrected chi connectivity index (χ2v) is 1.48. The van der Waals surface area contributed by atoms with E-state index in [1.807, 2.05) is 6.92 Å². The van der Waals surface area contributed by atoms with Gasteiger partial charge in [0.1, 0.15) is 0 Å². The standard InChI is InChI=1S/C6H8O3/c1-2-3-4-5(7)6(8)9/h3-4H,2H2,1H3,(H,8,9). The van der Waals surface area contributed by atoms with E-state index in [-0.39, 0.29) is 0 Å². The molecule has 0 saturated heterocycles. The summed E-state index contributed by atoms with van der Waals surface area (Å²) in [5, 5.41) is 8.01. The van der Waals surface area contributed by atoms with Crippen LogP contribution in [0, 0.1) is 0 Å². The minimum Gasteiger partial charge on any atom is -0.475 e. The van der Waals surface area contributed by atoms with Crippen molar-refractivity contribution in [3.05, 3.63) is 12.2 Å². The lowest BCUT2D eigenvalue weighted by atomic mass is 10.3. The smallest absolute Gasteiger partial charge is 0.376 e. The van der Waals surface area contributed by atoms with E-state index in [0.717, 1.165) is 6.08 Å². The van der Waals surface area contributed by atoms with Gasteiger partial charge in [0.2, 0.25) is 0 Å². The SMILES string of the molecule is CCC=CC(=O)C(=O)O. The molecule has 0 amide bonds. The number of ketones is 1. The minimum absolute atomic E-state index is 0.680. The van der Waals surface area contributed by atoms with E-state index in [9.17, 15) is 9.59 Å². The van der Waals surface area contributed by atoms with Crippen molar-refractivity contribution < 1.29 is 14.7 Å². The van der Waals surface area contributed by atoms with Crippen molar-refractivity contribution in [3.63, 3.8) is 0 Å². The summed E-state index contributed by atoms with van der Waals surface area (Å²) in [7, 11) is 0. The number of rotatable bonds is 3. The summed E-state index contributed by atoms with van der Waals surface area (Å²) in [6, 6.07) is 0. The van der Waals surface area contributed by atoms with Crippen molar-refractivity contribution in [1.29, 1.82) is 0 Å². The zero-order chi connectivity index (χ0) is 7.28. The number of aliphatic carboxylic acids is 1. The van der Waals surface area contributed by atoms with Gasteiger partial charge in [-0.1, -0.05) is 13.0 Å². The lowest BCUT2D eigenvalue weighted by Crippen LogP contribution is -2.08. The fraction of sp³-hybridized carbons (Fsp3) is 0.333. The number of carboxylic acid groups (broad SMARTS) is 1. The van der Waals surface area contributed by atoms with Crippen LogP contribution in [-0.4, -0.2) is 16.9 Å². The predicted molar refractivity (Wildman–Crippen MR) is 32.1 cm³/mol. The number of allylic oxidation sites excluding steroid dienone is 1. The van der Waals surface area contributed by atoms with Crippen LogP contribution in [0.3, 0.4) is 0 Å². The molecule has 0 atom stereocenters. The van der Waals surface area contributed by atoms with Gasteiger partial charge < -0.3 is 5.11 Å². The molecule has 1 N–H and O–H groups in total. The molecule has 50 valence electrons. The molecule has 0 radical (unpaired) electrons. The molecule has 3 heteroatoms. The third kappa shape index (κ3) is 3.46. The van der Waals surface area contributed by atoms with Crippen LogP contribution in [0.5, 0.6) is 0 Å². The lowest BCUT2D eigenvalue weighted by molar-refractivity contribution is -0.146. The number of carboxylic acids is 1.